The molecular formula is C14H14BrNO3. The lowest BCUT2D eigenvalue weighted by molar-refractivity contribution is -0.229. The average molecular weight is 324 g/mol. The van der Waals surface area contributed by atoms with E-state index in [1.54, 1.807) is 7.11 Å². The van der Waals surface area contributed by atoms with E-state index in [4.69, 9.17) is 14.2 Å². The van der Waals surface area contributed by atoms with E-state index in [9.17, 15) is 5.26 Å². The first-order valence-electron chi connectivity index (χ1n) is 6.16. The Hall–Kier alpha value is -1.09. The summed E-state index contributed by atoms with van der Waals surface area (Å²) in [7, 11) is 1.62. The number of hydrogen-bond donors (Lipinski definition) is 0. The van der Waals surface area contributed by atoms with Crippen molar-refractivity contribution in [1.82, 2.24) is 0 Å². The van der Waals surface area contributed by atoms with Gasteiger partial charge in [0.05, 0.1) is 31.8 Å². The smallest absolute Gasteiger partial charge is 0.172 e. The largest absolute Gasteiger partial charge is 0.497 e. The summed E-state index contributed by atoms with van der Waals surface area (Å²) in [5.74, 6) is 0.207. The van der Waals surface area contributed by atoms with Crippen molar-refractivity contribution in [2.24, 2.45) is 0 Å². The molecule has 2 aliphatic rings. The van der Waals surface area contributed by atoms with Crippen LogP contribution in [0.25, 0.3) is 0 Å². The minimum atomic E-state index is -0.540. The molecule has 1 spiro atoms. The van der Waals surface area contributed by atoms with E-state index in [0.29, 0.717) is 26.1 Å². The van der Waals surface area contributed by atoms with Crippen LogP contribution in [0.3, 0.4) is 0 Å². The standard InChI is InChI=1S/C14H14BrNO3/c1-17-12-5-10(4-11(15)6-12)13(9-16)7-14(8-13)18-2-3-19-14/h4-6H,2-3,7-8H2,1H3. The summed E-state index contributed by atoms with van der Waals surface area (Å²) in [5, 5.41) is 9.57. The number of hydrogen-bond acceptors (Lipinski definition) is 4. The van der Waals surface area contributed by atoms with E-state index >= 15 is 0 Å². The molecular weight excluding hydrogens is 310 g/mol. The molecule has 1 saturated heterocycles. The summed E-state index contributed by atoms with van der Waals surface area (Å²) < 4.78 is 17.4. The SMILES string of the molecule is COc1cc(Br)cc(C2(C#N)CC3(C2)OCCO3)c1. The van der Waals surface area contributed by atoms with Gasteiger partial charge in [-0.1, -0.05) is 15.9 Å². The maximum Gasteiger partial charge on any atom is 0.172 e. The predicted octanol–water partition coefficient (Wildman–Crippen LogP) is 2.76. The van der Waals surface area contributed by atoms with E-state index in [1.165, 1.54) is 0 Å². The number of nitriles is 1. The van der Waals surface area contributed by atoms with Crippen LogP contribution >= 0.6 is 15.9 Å². The first-order valence-corrected chi connectivity index (χ1v) is 6.95. The molecule has 1 aliphatic carbocycles. The molecule has 0 atom stereocenters. The number of ether oxygens (including phenoxy) is 3. The molecule has 0 aromatic heterocycles. The fourth-order valence-electron chi connectivity index (χ4n) is 2.87. The number of nitrogens with zero attached hydrogens (tertiary/aromatic N) is 1. The zero-order chi connectivity index (χ0) is 13.5. The molecule has 1 aromatic rings. The van der Waals surface area contributed by atoms with E-state index in [2.05, 4.69) is 22.0 Å². The second-order valence-electron chi connectivity index (χ2n) is 5.03. The molecule has 2 fully saturated rings. The molecule has 5 heteroatoms. The Kier molecular flexibility index (Phi) is 3.05. The van der Waals surface area contributed by atoms with E-state index < -0.39 is 11.2 Å². The maximum absolute atomic E-state index is 9.57. The molecule has 1 saturated carbocycles. The third-order valence-electron chi connectivity index (χ3n) is 3.83. The van der Waals surface area contributed by atoms with Crippen molar-refractivity contribution in [2.45, 2.75) is 24.0 Å². The Bertz CT molecular complexity index is 538. The van der Waals surface area contributed by atoms with Gasteiger partial charge in [-0.3, -0.25) is 0 Å². The van der Waals surface area contributed by atoms with Gasteiger partial charge in [-0.05, 0) is 23.8 Å². The van der Waals surface area contributed by atoms with E-state index in [0.717, 1.165) is 15.8 Å². The zero-order valence-electron chi connectivity index (χ0n) is 10.6. The summed E-state index contributed by atoms with van der Waals surface area (Å²) in [4.78, 5) is 0. The van der Waals surface area contributed by atoms with Crippen LogP contribution in [0.15, 0.2) is 22.7 Å². The highest BCUT2D eigenvalue weighted by atomic mass is 79.9. The maximum atomic E-state index is 9.57. The zero-order valence-corrected chi connectivity index (χ0v) is 12.2. The number of halogens is 1. The van der Waals surface area contributed by atoms with Gasteiger partial charge in [0.25, 0.3) is 0 Å². The fourth-order valence-corrected chi connectivity index (χ4v) is 3.35. The van der Waals surface area contributed by atoms with Crippen LogP contribution in [0.2, 0.25) is 0 Å². The second-order valence-corrected chi connectivity index (χ2v) is 5.95. The summed E-state index contributed by atoms with van der Waals surface area (Å²) in [6, 6.07) is 8.18. The molecule has 4 nitrogen and oxygen atoms in total. The van der Waals surface area contributed by atoms with Gasteiger partial charge in [0.15, 0.2) is 5.79 Å². The Balaban J connectivity index is 1.92. The molecule has 1 aliphatic heterocycles. The fraction of sp³-hybridized carbons (Fsp3) is 0.500. The van der Waals surface area contributed by atoms with Gasteiger partial charge in [0.2, 0.25) is 0 Å². The van der Waals surface area contributed by atoms with Crippen molar-refractivity contribution in [3.05, 3.63) is 28.2 Å². The van der Waals surface area contributed by atoms with Crippen LogP contribution in [0.1, 0.15) is 18.4 Å². The molecule has 0 N–H and O–H groups in total. The van der Waals surface area contributed by atoms with Crippen molar-refractivity contribution < 1.29 is 14.2 Å². The second kappa shape index (κ2) is 4.48. The lowest BCUT2D eigenvalue weighted by Gasteiger charge is -2.48. The molecule has 1 heterocycles. The van der Waals surface area contributed by atoms with Crippen LogP contribution in [0.4, 0.5) is 0 Å². The van der Waals surface area contributed by atoms with Gasteiger partial charge in [0, 0.05) is 17.3 Å². The number of methoxy groups -OCH3 is 1. The van der Waals surface area contributed by atoms with E-state index in [1.807, 2.05) is 18.2 Å². The molecule has 0 amide bonds. The highest BCUT2D eigenvalue weighted by Crippen LogP contribution is 2.54. The minimum Gasteiger partial charge on any atom is -0.497 e. The first-order chi connectivity index (χ1) is 9.11. The lowest BCUT2D eigenvalue weighted by atomic mass is 9.61. The molecule has 0 bridgehead atoms. The Labute approximate surface area is 120 Å². The average Bonchev–Trinajstić information content (AvgIpc) is 2.84. The third kappa shape index (κ3) is 2.04. The van der Waals surface area contributed by atoms with E-state index in [-0.39, 0.29) is 0 Å². The highest BCUT2D eigenvalue weighted by molar-refractivity contribution is 9.10. The van der Waals surface area contributed by atoms with Crippen molar-refractivity contribution in [2.75, 3.05) is 20.3 Å². The molecule has 0 radical (unpaired) electrons. The Morgan fingerprint density at radius 3 is 2.53 bits per heavy atom. The normalized spacial score (nSPS) is 22.8. The number of benzene rings is 1. The van der Waals surface area contributed by atoms with Crippen LogP contribution in [-0.2, 0) is 14.9 Å². The molecule has 0 unspecified atom stereocenters. The molecule has 100 valence electrons. The van der Waals surface area contributed by atoms with Crippen molar-refractivity contribution >= 4 is 15.9 Å². The highest BCUT2D eigenvalue weighted by Gasteiger charge is 2.60. The van der Waals surface area contributed by atoms with Crippen molar-refractivity contribution in [3.8, 4) is 11.8 Å². The Morgan fingerprint density at radius 2 is 1.95 bits per heavy atom. The monoisotopic (exact) mass is 323 g/mol. The van der Waals surface area contributed by atoms with Gasteiger partial charge < -0.3 is 14.2 Å². The quantitative estimate of drug-likeness (QED) is 0.839. The van der Waals surface area contributed by atoms with Gasteiger partial charge in [-0.2, -0.15) is 5.26 Å². The topological polar surface area (TPSA) is 51.5 Å². The van der Waals surface area contributed by atoms with Gasteiger partial charge in [0.1, 0.15) is 5.75 Å². The van der Waals surface area contributed by atoms with Crippen LogP contribution in [0, 0.1) is 11.3 Å². The summed E-state index contributed by atoms with van der Waals surface area (Å²) in [6.07, 6.45) is 1.16. The van der Waals surface area contributed by atoms with Gasteiger partial charge in [-0.15, -0.1) is 0 Å². The predicted molar refractivity (Wildman–Crippen MR) is 71.9 cm³/mol. The third-order valence-corrected chi connectivity index (χ3v) is 4.29. The summed E-state index contributed by atoms with van der Waals surface area (Å²) >= 11 is 3.45. The summed E-state index contributed by atoms with van der Waals surface area (Å²) in [5.41, 5.74) is 0.410. The van der Waals surface area contributed by atoms with Crippen LogP contribution in [0.5, 0.6) is 5.75 Å². The van der Waals surface area contributed by atoms with Crippen LogP contribution < -0.4 is 4.74 Å². The van der Waals surface area contributed by atoms with Crippen molar-refractivity contribution in [3.63, 3.8) is 0 Å². The molecule has 1 aromatic carbocycles. The van der Waals surface area contributed by atoms with Gasteiger partial charge >= 0.3 is 0 Å². The van der Waals surface area contributed by atoms with Crippen molar-refractivity contribution in [1.29, 1.82) is 5.26 Å². The molecule has 3 rings (SSSR count). The minimum absolute atomic E-state index is 0.536. The summed E-state index contributed by atoms with van der Waals surface area (Å²) in [6.45, 7) is 1.23. The van der Waals surface area contributed by atoms with Gasteiger partial charge in [-0.25, -0.2) is 0 Å². The first kappa shape index (κ1) is 12.9. The lowest BCUT2D eigenvalue weighted by Crippen LogP contribution is -2.54. The molecule has 19 heavy (non-hydrogen) atoms. The Morgan fingerprint density at radius 1 is 1.26 bits per heavy atom. The van der Waals surface area contributed by atoms with Crippen LogP contribution in [-0.4, -0.2) is 26.1 Å². The number of rotatable bonds is 2.